The first kappa shape index (κ1) is 41.3. The fraction of sp³-hybridized carbons (Fsp3) is 0.667. The van der Waals surface area contributed by atoms with Gasteiger partial charge in [-0.1, -0.05) is 12.1 Å². The number of hydrogen-bond acceptors (Lipinski definition) is 12. The number of aromatic hydroxyl groups is 1. The van der Waals surface area contributed by atoms with Crippen LogP contribution in [0.3, 0.4) is 0 Å². The summed E-state index contributed by atoms with van der Waals surface area (Å²) in [5, 5.41) is 29.1. The predicted octanol–water partition coefficient (Wildman–Crippen LogP) is 2.40. The van der Waals surface area contributed by atoms with E-state index in [1.165, 1.54) is 21.9 Å². The van der Waals surface area contributed by atoms with Crippen molar-refractivity contribution in [2.24, 2.45) is 0 Å². The van der Waals surface area contributed by atoms with Crippen LogP contribution in [0.5, 0.6) is 5.75 Å². The van der Waals surface area contributed by atoms with Crippen LogP contribution in [0.25, 0.3) is 0 Å². The summed E-state index contributed by atoms with van der Waals surface area (Å²) in [5.74, 6) is -4.14. The van der Waals surface area contributed by atoms with E-state index in [-0.39, 0.29) is 51.4 Å². The number of carbonyl (C=O) groups excluding carboxylic acids is 3. The highest BCUT2D eigenvalue weighted by Crippen LogP contribution is 2.17. The number of carboxylic acid groups (broad SMARTS) is 2. The predicted molar refractivity (Wildman–Crippen MR) is 173 cm³/mol. The highest BCUT2D eigenvalue weighted by molar-refractivity contribution is 5.75. The van der Waals surface area contributed by atoms with Crippen molar-refractivity contribution < 1.29 is 53.5 Å². The minimum absolute atomic E-state index is 0.0137. The van der Waals surface area contributed by atoms with Crippen LogP contribution in [-0.2, 0) is 44.6 Å². The lowest BCUT2D eigenvalue weighted by atomic mass is 10.0. The summed E-state index contributed by atoms with van der Waals surface area (Å²) in [7, 11) is 0. The van der Waals surface area contributed by atoms with Crippen LogP contribution in [0.4, 0.5) is 0 Å². The van der Waals surface area contributed by atoms with Gasteiger partial charge in [-0.05, 0) is 86.4 Å². The quantitative estimate of drug-likeness (QED) is 0.153. The average molecular weight is 668 g/mol. The molecule has 1 aromatic carbocycles. The number of phenolic OH excluding ortho intramolecular Hbond substituents is 1. The standard InChI is InChI=1S/C33H53N3O11/c1-31(2,3)45-28(42)20-34(18-26(38)39)14-15-36(22-30(44)47-33(7,8)9)24(16-23-10-12-25(37)13-11-23)17-35(19-27(40)41)21-29(43)46-32(4,5)6/h10-13,24,37H,14-22H2,1-9H3,(H,38,39)(H,40,41). The molecule has 1 rings (SSSR count). The molecule has 1 atom stereocenters. The van der Waals surface area contributed by atoms with Gasteiger partial charge in [0.05, 0.1) is 32.7 Å². The van der Waals surface area contributed by atoms with Crippen molar-refractivity contribution >= 4 is 29.8 Å². The molecule has 0 saturated carbocycles. The molecule has 266 valence electrons. The average Bonchev–Trinajstić information content (AvgIpc) is 2.83. The first-order chi connectivity index (χ1) is 21.4. The Hall–Kier alpha value is -3.75. The van der Waals surface area contributed by atoms with Gasteiger partial charge in [-0.3, -0.25) is 38.7 Å². The second-order valence-corrected chi connectivity index (χ2v) is 14.4. The molecule has 0 amide bonds. The van der Waals surface area contributed by atoms with Crippen LogP contribution >= 0.6 is 0 Å². The molecule has 0 fully saturated rings. The molecule has 1 aromatic rings. The third-order valence-corrected chi connectivity index (χ3v) is 6.11. The minimum Gasteiger partial charge on any atom is -0.508 e. The van der Waals surface area contributed by atoms with E-state index in [0.29, 0.717) is 0 Å². The molecule has 0 aromatic heterocycles. The van der Waals surface area contributed by atoms with Crippen LogP contribution in [0, 0.1) is 0 Å². The molecular weight excluding hydrogens is 614 g/mol. The fourth-order valence-electron chi connectivity index (χ4n) is 4.61. The van der Waals surface area contributed by atoms with Crippen molar-refractivity contribution in [2.75, 3.05) is 52.4 Å². The number of benzene rings is 1. The van der Waals surface area contributed by atoms with E-state index in [1.54, 1.807) is 79.3 Å². The second kappa shape index (κ2) is 18.0. The smallest absolute Gasteiger partial charge is 0.320 e. The normalized spacial score (nSPS) is 13.0. The number of hydrogen-bond donors (Lipinski definition) is 3. The zero-order chi connectivity index (χ0) is 36.2. The number of carbonyl (C=O) groups is 5. The Morgan fingerprint density at radius 2 is 1.02 bits per heavy atom. The van der Waals surface area contributed by atoms with Gasteiger partial charge in [0.25, 0.3) is 0 Å². The maximum atomic E-state index is 13.2. The third-order valence-electron chi connectivity index (χ3n) is 6.11. The van der Waals surface area contributed by atoms with Gasteiger partial charge < -0.3 is 29.5 Å². The van der Waals surface area contributed by atoms with Crippen molar-refractivity contribution in [2.45, 2.75) is 91.6 Å². The van der Waals surface area contributed by atoms with Gasteiger partial charge in [0.1, 0.15) is 22.6 Å². The summed E-state index contributed by atoms with van der Waals surface area (Å²) in [6, 6.07) is 5.73. The summed E-state index contributed by atoms with van der Waals surface area (Å²) >= 11 is 0. The topological polar surface area (TPSA) is 183 Å². The van der Waals surface area contributed by atoms with Crippen molar-refractivity contribution in [1.82, 2.24) is 14.7 Å². The van der Waals surface area contributed by atoms with Gasteiger partial charge in [0, 0.05) is 25.7 Å². The molecule has 0 aliphatic heterocycles. The maximum Gasteiger partial charge on any atom is 0.320 e. The third kappa shape index (κ3) is 20.2. The summed E-state index contributed by atoms with van der Waals surface area (Å²) in [6.07, 6.45) is 0.249. The van der Waals surface area contributed by atoms with E-state index in [2.05, 4.69) is 0 Å². The molecule has 0 saturated heterocycles. The first-order valence-corrected chi connectivity index (χ1v) is 15.5. The van der Waals surface area contributed by atoms with Crippen molar-refractivity contribution in [3.05, 3.63) is 29.8 Å². The Morgan fingerprint density at radius 3 is 1.45 bits per heavy atom. The van der Waals surface area contributed by atoms with E-state index in [4.69, 9.17) is 14.2 Å². The zero-order valence-corrected chi connectivity index (χ0v) is 29.2. The second-order valence-electron chi connectivity index (χ2n) is 14.4. The summed E-state index contributed by atoms with van der Waals surface area (Å²) in [4.78, 5) is 66.6. The van der Waals surface area contributed by atoms with Gasteiger partial charge in [0.15, 0.2) is 0 Å². The summed E-state index contributed by atoms with van der Waals surface area (Å²) in [6.45, 7) is 13.5. The van der Waals surface area contributed by atoms with Gasteiger partial charge in [0.2, 0.25) is 0 Å². The van der Waals surface area contributed by atoms with Gasteiger partial charge in [-0.25, -0.2) is 0 Å². The van der Waals surface area contributed by atoms with Crippen molar-refractivity contribution in [1.29, 1.82) is 0 Å². The Morgan fingerprint density at radius 1 is 0.617 bits per heavy atom. The maximum absolute atomic E-state index is 13.2. The number of rotatable bonds is 18. The summed E-state index contributed by atoms with van der Waals surface area (Å²) in [5.41, 5.74) is -1.66. The Bertz CT molecular complexity index is 1200. The SMILES string of the molecule is CC(C)(C)OC(=O)CN(CCN(CC(=O)OC(C)(C)C)C(Cc1ccc(O)cc1)CN(CC(=O)O)CC(=O)OC(C)(C)C)CC(=O)O. The highest BCUT2D eigenvalue weighted by Gasteiger charge is 2.30. The van der Waals surface area contributed by atoms with Crippen molar-refractivity contribution in [3.8, 4) is 5.75 Å². The molecule has 47 heavy (non-hydrogen) atoms. The summed E-state index contributed by atoms with van der Waals surface area (Å²) < 4.78 is 16.4. The lowest BCUT2D eigenvalue weighted by molar-refractivity contribution is -0.159. The molecule has 1 unspecified atom stereocenters. The van der Waals surface area contributed by atoms with Crippen LogP contribution in [0.1, 0.15) is 67.9 Å². The molecule has 14 heteroatoms. The van der Waals surface area contributed by atoms with Crippen LogP contribution < -0.4 is 0 Å². The molecule has 0 radical (unpaired) electrons. The molecular formula is C33H53N3O11. The molecule has 3 N–H and O–H groups in total. The molecule has 0 spiro atoms. The number of phenols is 1. The number of nitrogens with zero attached hydrogens (tertiary/aromatic N) is 3. The van der Waals surface area contributed by atoms with E-state index in [9.17, 15) is 39.3 Å². The van der Waals surface area contributed by atoms with E-state index in [0.717, 1.165) is 5.56 Å². The molecule has 0 bridgehead atoms. The van der Waals surface area contributed by atoms with Gasteiger partial charge in [-0.2, -0.15) is 0 Å². The number of aliphatic carboxylic acids is 2. The molecule has 0 aliphatic carbocycles. The monoisotopic (exact) mass is 667 g/mol. The van der Waals surface area contributed by atoms with Crippen molar-refractivity contribution in [3.63, 3.8) is 0 Å². The van der Waals surface area contributed by atoms with Gasteiger partial charge in [-0.15, -0.1) is 0 Å². The van der Waals surface area contributed by atoms with E-state index < -0.39 is 65.8 Å². The van der Waals surface area contributed by atoms with Crippen LogP contribution in [-0.4, -0.2) is 135 Å². The molecule has 14 nitrogen and oxygen atoms in total. The first-order valence-electron chi connectivity index (χ1n) is 15.5. The lowest BCUT2D eigenvalue weighted by Gasteiger charge is -2.36. The number of esters is 3. The van der Waals surface area contributed by atoms with Crippen LogP contribution in [0.2, 0.25) is 0 Å². The Balaban J connectivity index is 3.52. The van der Waals surface area contributed by atoms with Crippen LogP contribution in [0.15, 0.2) is 24.3 Å². The lowest BCUT2D eigenvalue weighted by Crippen LogP contribution is -2.52. The number of ether oxygens (including phenoxy) is 3. The minimum atomic E-state index is -1.18. The highest BCUT2D eigenvalue weighted by atomic mass is 16.6. The Kier molecular flexibility index (Phi) is 15.8. The number of carboxylic acids is 2. The largest absolute Gasteiger partial charge is 0.508 e. The Labute approximate surface area is 277 Å². The van der Waals surface area contributed by atoms with E-state index in [1.807, 2.05) is 0 Å². The van der Waals surface area contributed by atoms with Gasteiger partial charge >= 0.3 is 29.8 Å². The van der Waals surface area contributed by atoms with E-state index >= 15 is 0 Å². The fourth-order valence-corrected chi connectivity index (χ4v) is 4.61. The molecule has 0 aliphatic rings. The molecule has 0 heterocycles. The zero-order valence-electron chi connectivity index (χ0n) is 29.2.